The average molecular weight is 795 g/mol. The second kappa shape index (κ2) is 45.6. The number of unbranched alkanes of at least 4 members (excludes halogenated alkanes) is 21. The zero-order valence-electron chi connectivity index (χ0n) is 37.1. The van der Waals surface area contributed by atoms with Crippen molar-refractivity contribution in [1.82, 2.24) is 0 Å². The van der Waals surface area contributed by atoms with Crippen LogP contribution in [0.5, 0.6) is 0 Å². The van der Waals surface area contributed by atoms with Crippen LogP contribution in [-0.4, -0.2) is 37.2 Å². The van der Waals surface area contributed by atoms with Crippen LogP contribution in [0.3, 0.4) is 0 Å². The van der Waals surface area contributed by atoms with Crippen molar-refractivity contribution in [2.24, 2.45) is 0 Å². The highest BCUT2D eigenvalue weighted by Gasteiger charge is 2.19. The highest BCUT2D eigenvalue weighted by Crippen LogP contribution is 2.15. The van der Waals surface area contributed by atoms with Gasteiger partial charge in [0.1, 0.15) is 13.2 Å². The van der Waals surface area contributed by atoms with Gasteiger partial charge in [0.05, 0.1) is 0 Å². The molecule has 0 saturated carbocycles. The van der Waals surface area contributed by atoms with Crippen molar-refractivity contribution >= 4 is 17.9 Å². The third-order valence-corrected chi connectivity index (χ3v) is 9.80. The van der Waals surface area contributed by atoms with E-state index in [1.807, 2.05) is 24.3 Å². The minimum Gasteiger partial charge on any atom is -0.462 e. The van der Waals surface area contributed by atoms with Gasteiger partial charge in [-0.2, -0.15) is 0 Å². The normalized spacial score (nSPS) is 12.7. The van der Waals surface area contributed by atoms with Gasteiger partial charge < -0.3 is 14.2 Å². The lowest BCUT2D eigenvalue weighted by Gasteiger charge is -2.18. The maximum Gasteiger partial charge on any atom is 0.306 e. The Kier molecular flexibility index (Phi) is 43.0. The van der Waals surface area contributed by atoms with Gasteiger partial charge in [-0.1, -0.05) is 203 Å². The van der Waals surface area contributed by atoms with Crippen LogP contribution in [0, 0.1) is 0 Å². The Morgan fingerprint density at radius 3 is 1.30 bits per heavy atom. The fraction of sp³-hybridized carbons (Fsp3) is 0.706. The van der Waals surface area contributed by atoms with Gasteiger partial charge >= 0.3 is 17.9 Å². The Balaban J connectivity index is 4.40. The minimum atomic E-state index is -0.794. The molecule has 0 fully saturated rings. The number of allylic oxidation sites excluding steroid dienone is 12. The number of esters is 3. The van der Waals surface area contributed by atoms with E-state index in [0.29, 0.717) is 19.3 Å². The summed E-state index contributed by atoms with van der Waals surface area (Å²) in [7, 11) is 0. The van der Waals surface area contributed by atoms with Crippen LogP contribution in [-0.2, 0) is 28.6 Å². The number of carbonyl (C=O) groups is 3. The van der Waals surface area contributed by atoms with E-state index in [0.717, 1.165) is 96.3 Å². The molecule has 326 valence electrons. The van der Waals surface area contributed by atoms with E-state index in [9.17, 15) is 14.4 Å². The van der Waals surface area contributed by atoms with E-state index in [4.69, 9.17) is 14.2 Å². The molecule has 0 heterocycles. The summed E-state index contributed by atoms with van der Waals surface area (Å²) in [6.07, 6.45) is 56.1. The quantitative estimate of drug-likeness (QED) is 0.0202. The van der Waals surface area contributed by atoms with Gasteiger partial charge in [0.2, 0.25) is 0 Å². The topological polar surface area (TPSA) is 78.9 Å². The maximum absolute atomic E-state index is 12.7. The summed E-state index contributed by atoms with van der Waals surface area (Å²) >= 11 is 0. The van der Waals surface area contributed by atoms with Crippen molar-refractivity contribution < 1.29 is 28.6 Å². The molecule has 0 N–H and O–H groups in total. The average Bonchev–Trinajstić information content (AvgIpc) is 3.21. The van der Waals surface area contributed by atoms with Gasteiger partial charge in [-0.25, -0.2) is 0 Å². The van der Waals surface area contributed by atoms with Crippen molar-refractivity contribution in [3.63, 3.8) is 0 Å². The van der Waals surface area contributed by atoms with Crippen LogP contribution in [0.15, 0.2) is 72.9 Å². The smallest absolute Gasteiger partial charge is 0.306 e. The van der Waals surface area contributed by atoms with E-state index in [2.05, 4.69) is 69.4 Å². The van der Waals surface area contributed by atoms with E-state index >= 15 is 0 Å². The lowest BCUT2D eigenvalue weighted by molar-refractivity contribution is -0.167. The molecular weight excluding hydrogens is 709 g/mol. The van der Waals surface area contributed by atoms with Gasteiger partial charge in [-0.15, -0.1) is 0 Å². The molecule has 0 saturated heterocycles. The van der Waals surface area contributed by atoms with Crippen molar-refractivity contribution in [2.45, 2.75) is 219 Å². The lowest BCUT2D eigenvalue weighted by atomic mass is 10.0. The molecule has 1 atom stereocenters. The zero-order valence-corrected chi connectivity index (χ0v) is 37.1. The fourth-order valence-electron chi connectivity index (χ4n) is 6.31. The number of rotatable bonds is 41. The van der Waals surface area contributed by atoms with E-state index in [1.165, 1.54) is 77.0 Å². The summed E-state index contributed by atoms with van der Waals surface area (Å²) in [5.41, 5.74) is 0. The van der Waals surface area contributed by atoms with Crippen molar-refractivity contribution in [1.29, 1.82) is 0 Å². The largest absolute Gasteiger partial charge is 0.462 e. The second-order valence-corrected chi connectivity index (χ2v) is 15.4. The molecular formula is C51H86O6. The van der Waals surface area contributed by atoms with E-state index < -0.39 is 6.10 Å². The molecule has 0 bridgehead atoms. The van der Waals surface area contributed by atoms with Crippen molar-refractivity contribution in [3.05, 3.63) is 72.9 Å². The number of ether oxygens (including phenoxy) is 3. The third kappa shape index (κ3) is 43.8. The van der Waals surface area contributed by atoms with Gasteiger partial charge in [-0.3, -0.25) is 14.4 Å². The van der Waals surface area contributed by atoms with Crippen LogP contribution in [0.1, 0.15) is 213 Å². The van der Waals surface area contributed by atoms with Gasteiger partial charge in [-0.05, 0) is 64.2 Å². The molecule has 57 heavy (non-hydrogen) atoms. The highest BCUT2D eigenvalue weighted by atomic mass is 16.6. The number of hydrogen-bond donors (Lipinski definition) is 0. The third-order valence-electron chi connectivity index (χ3n) is 9.80. The molecule has 6 heteroatoms. The predicted molar refractivity (Wildman–Crippen MR) is 242 cm³/mol. The lowest BCUT2D eigenvalue weighted by Crippen LogP contribution is -2.30. The van der Waals surface area contributed by atoms with Crippen LogP contribution in [0.2, 0.25) is 0 Å². The Labute approximate surface area is 351 Å². The van der Waals surface area contributed by atoms with E-state index in [-0.39, 0.29) is 31.1 Å². The molecule has 0 aromatic carbocycles. The molecule has 0 radical (unpaired) electrons. The van der Waals surface area contributed by atoms with Crippen molar-refractivity contribution in [3.8, 4) is 0 Å². The molecule has 0 aliphatic rings. The Bertz CT molecular complexity index is 1100. The molecule has 0 aromatic heterocycles. The maximum atomic E-state index is 12.7. The fourth-order valence-corrected chi connectivity index (χ4v) is 6.31. The summed E-state index contributed by atoms with van der Waals surface area (Å²) in [4.78, 5) is 37.7. The molecule has 0 rings (SSSR count). The molecule has 0 spiro atoms. The van der Waals surface area contributed by atoms with E-state index in [1.54, 1.807) is 0 Å². The molecule has 0 aromatic rings. The molecule has 0 aliphatic carbocycles. The summed E-state index contributed by atoms with van der Waals surface area (Å²) < 4.78 is 16.7. The van der Waals surface area contributed by atoms with Gasteiger partial charge in [0.15, 0.2) is 6.10 Å². The van der Waals surface area contributed by atoms with Crippen LogP contribution < -0.4 is 0 Å². The first-order valence-corrected chi connectivity index (χ1v) is 23.5. The predicted octanol–water partition coefficient (Wildman–Crippen LogP) is 15.1. The number of hydrogen-bond acceptors (Lipinski definition) is 6. The summed E-state index contributed by atoms with van der Waals surface area (Å²) in [5, 5.41) is 0. The van der Waals surface area contributed by atoms with Crippen LogP contribution >= 0.6 is 0 Å². The second-order valence-electron chi connectivity index (χ2n) is 15.4. The first kappa shape index (κ1) is 53.9. The monoisotopic (exact) mass is 795 g/mol. The minimum absolute atomic E-state index is 0.0972. The molecule has 0 aliphatic heterocycles. The first-order valence-electron chi connectivity index (χ1n) is 23.5. The molecule has 1 unspecified atom stereocenters. The Morgan fingerprint density at radius 1 is 0.386 bits per heavy atom. The zero-order chi connectivity index (χ0) is 41.5. The molecule has 6 nitrogen and oxygen atoms in total. The Morgan fingerprint density at radius 2 is 0.772 bits per heavy atom. The first-order chi connectivity index (χ1) is 28.0. The highest BCUT2D eigenvalue weighted by molar-refractivity contribution is 5.71. The van der Waals surface area contributed by atoms with Crippen molar-refractivity contribution in [2.75, 3.05) is 13.2 Å². The molecule has 0 amide bonds. The van der Waals surface area contributed by atoms with Gasteiger partial charge in [0, 0.05) is 19.3 Å². The van der Waals surface area contributed by atoms with Gasteiger partial charge in [0.25, 0.3) is 0 Å². The standard InChI is InChI=1S/C51H86O6/c1-4-7-10-13-16-19-21-23-25-27-29-32-35-38-41-44-50(53)56-47-48(46-55-49(52)43-40-37-34-31-18-15-12-9-6-3)57-51(54)45-42-39-36-33-30-28-26-24-22-20-17-14-11-8-5-2/h7,9-10,12-13,16,18-19,21,23,25,31,48H,4-6,8,11,14-15,17,20,22,24,26-30,32-47H2,1-3H3/b10-7-,12-9-,16-13-,21-19-,25-23-,31-18-. The number of carbonyl (C=O) groups excluding carboxylic acids is 3. The summed E-state index contributed by atoms with van der Waals surface area (Å²) in [6, 6.07) is 0. The Hall–Kier alpha value is -3.15. The summed E-state index contributed by atoms with van der Waals surface area (Å²) in [5.74, 6) is -0.957. The SMILES string of the molecule is CC\C=C/C=C\C=C/C=C\CCCCCCCC(=O)OCC(COC(=O)CCCC/C=C\C/C=C\CC)OC(=O)CCCCCCCCCCCCCCCCC. The van der Waals surface area contributed by atoms with Crippen LogP contribution in [0.4, 0.5) is 0 Å². The summed E-state index contributed by atoms with van der Waals surface area (Å²) in [6.45, 7) is 6.32. The van der Waals surface area contributed by atoms with Crippen LogP contribution in [0.25, 0.3) is 0 Å².